The number of hydrogen-bond donors (Lipinski definition) is 0. The Bertz CT molecular complexity index is 1620. The molecule has 3 aromatic carbocycles. The van der Waals surface area contributed by atoms with E-state index in [1.165, 1.54) is 43.9 Å². The minimum atomic E-state index is 0.381. The van der Waals surface area contributed by atoms with Gasteiger partial charge in [0.15, 0.2) is 0 Å². The molecule has 0 fully saturated rings. The molecular formula is C27H21NO2. The van der Waals surface area contributed by atoms with Gasteiger partial charge in [-0.2, -0.15) is 0 Å². The summed E-state index contributed by atoms with van der Waals surface area (Å²) < 4.78 is 15.1. The SMILES string of the molecule is CC(C)n1c2c(c3c4c(ccc31)oc1ccccc14)-c1c(oc3ccccc13)CC2. The van der Waals surface area contributed by atoms with Gasteiger partial charge in [-0.15, -0.1) is 0 Å². The monoisotopic (exact) mass is 391 g/mol. The van der Waals surface area contributed by atoms with E-state index in [2.05, 4.69) is 73.0 Å². The van der Waals surface area contributed by atoms with Crippen molar-refractivity contribution in [1.29, 1.82) is 0 Å². The van der Waals surface area contributed by atoms with Gasteiger partial charge in [-0.3, -0.25) is 0 Å². The first-order valence-corrected chi connectivity index (χ1v) is 10.7. The van der Waals surface area contributed by atoms with E-state index in [1.54, 1.807) is 0 Å². The number of aromatic nitrogens is 1. The van der Waals surface area contributed by atoms with Crippen molar-refractivity contribution in [3.8, 4) is 11.1 Å². The van der Waals surface area contributed by atoms with Crippen LogP contribution in [-0.2, 0) is 12.8 Å². The summed E-state index contributed by atoms with van der Waals surface area (Å²) in [5.41, 5.74) is 8.18. The van der Waals surface area contributed by atoms with Crippen LogP contribution in [-0.4, -0.2) is 4.57 Å². The summed E-state index contributed by atoms with van der Waals surface area (Å²) in [6.45, 7) is 4.56. The lowest BCUT2D eigenvalue weighted by molar-refractivity contribution is 0.531. The lowest BCUT2D eigenvalue weighted by Crippen LogP contribution is -2.10. The van der Waals surface area contributed by atoms with Crippen LogP contribution in [0, 0.1) is 0 Å². The molecule has 0 amide bonds. The van der Waals surface area contributed by atoms with E-state index < -0.39 is 0 Å². The Kier molecular flexibility index (Phi) is 3.04. The lowest BCUT2D eigenvalue weighted by Gasteiger charge is -2.18. The van der Waals surface area contributed by atoms with Gasteiger partial charge in [-0.1, -0.05) is 36.4 Å². The maximum atomic E-state index is 6.31. The van der Waals surface area contributed by atoms with Crippen LogP contribution in [0.2, 0.25) is 0 Å². The highest BCUT2D eigenvalue weighted by atomic mass is 16.3. The topological polar surface area (TPSA) is 31.2 Å². The van der Waals surface area contributed by atoms with Crippen LogP contribution in [0.1, 0.15) is 31.3 Å². The largest absolute Gasteiger partial charge is 0.460 e. The van der Waals surface area contributed by atoms with Gasteiger partial charge in [-0.05, 0) is 44.5 Å². The van der Waals surface area contributed by atoms with Crippen LogP contribution in [0.5, 0.6) is 0 Å². The average Bonchev–Trinajstić information content (AvgIpc) is 3.41. The van der Waals surface area contributed by atoms with Gasteiger partial charge >= 0.3 is 0 Å². The van der Waals surface area contributed by atoms with E-state index in [0.29, 0.717) is 6.04 Å². The smallest absolute Gasteiger partial charge is 0.136 e. The zero-order chi connectivity index (χ0) is 20.0. The maximum absolute atomic E-state index is 6.31. The second-order valence-corrected chi connectivity index (χ2v) is 8.61. The molecule has 0 spiro atoms. The molecular weight excluding hydrogens is 370 g/mol. The molecule has 6 aromatic rings. The summed E-state index contributed by atoms with van der Waals surface area (Å²) in [4.78, 5) is 0. The summed E-state index contributed by atoms with van der Waals surface area (Å²) in [6, 6.07) is 21.6. The zero-order valence-corrected chi connectivity index (χ0v) is 17.0. The molecule has 1 aliphatic rings. The van der Waals surface area contributed by atoms with Crippen LogP contribution < -0.4 is 0 Å². The maximum Gasteiger partial charge on any atom is 0.136 e. The third-order valence-electron chi connectivity index (χ3n) is 6.63. The van der Waals surface area contributed by atoms with E-state index in [-0.39, 0.29) is 0 Å². The van der Waals surface area contributed by atoms with Crippen molar-refractivity contribution in [1.82, 2.24) is 4.57 Å². The molecule has 0 unspecified atom stereocenters. The molecule has 146 valence electrons. The Morgan fingerprint density at radius 3 is 2.23 bits per heavy atom. The highest BCUT2D eigenvalue weighted by Crippen LogP contribution is 2.49. The molecule has 1 aliphatic carbocycles. The third kappa shape index (κ3) is 1.90. The summed E-state index contributed by atoms with van der Waals surface area (Å²) in [6.07, 6.45) is 1.93. The fourth-order valence-corrected chi connectivity index (χ4v) is 5.55. The standard InChI is InChI=1S/C27H21NO2/c1-15(2)28-18-11-13-22-24(16-7-3-5-9-20(16)29-22)26(18)27-19(28)12-14-23-25(27)17-8-4-6-10-21(17)30-23/h3-11,13,15H,12,14H2,1-2H3. The summed E-state index contributed by atoms with van der Waals surface area (Å²) >= 11 is 0. The highest BCUT2D eigenvalue weighted by Gasteiger charge is 2.31. The molecule has 3 heteroatoms. The molecule has 3 heterocycles. The Labute approximate surface area is 173 Å². The third-order valence-corrected chi connectivity index (χ3v) is 6.63. The molecule has 0 saturated carbocycles. The molecule has 0 bridgehead atoms. The van der Waals surface area contributed by atoms with Crippen LogP contribution in [0.3, 0.4) is 0 Å². The first-order valence-electron chi connectivity index (χ1n) is 10.7. The molecule has 0 saturated heterocycles. The Balaban J connectivity index is 1.77. The van der Waals surface area contributed by atoms with Crippen molar-refractivity contribution in [3.63, 3.8) is 0 Å². The Morgan fingerprint density at radius 1 is 0.700 bits per heavy atom. The van der Waals surface area contributed by atoms with Crippen LogP contribution >= 0.6 is 0 Å². The number of benzene rings is 3. The normalized spacial score (nSPS) is 13.7. The summed E-state index contributed by atoms with van der Waals surface area (Å²) in [5, 5.41) is 4.91. The van der Waals surface area contributed by atoms with Crippen LogP contribution in [0.15, 0.2) is 69.5 Å². The number of aryl methyl sites for hydroxylation is 1. The molecule has 0 aliphatic heterocycles. The van der Waals surface area contributed by atoms with Crippen molar-refractivity contribution < 1.29 is 8.83 Å². The van der Waals surface area contributed by atoms with Gasteiger partial charge in [0.05, 0.1) is 5.52 Å². The molecule has 30 heavy (non-hydrogen) atoms. The van der Waals surface area contributed by atoms with E-state index in [4.69, 9.17) is 8.83 Å². The number of furan rings is 2. The van der Waals surface area contributed by atoms with Gasteiger partial charge in [0.1, 0.15) is 22.5 Å². The highest BCUT2D eigenvalue weighted by molar-refractivity contribution is 6.24. The van der Waals surface area contributed by atoms with Crippen LogP contribution in [0.25, 0.3) is 54.9 Å². The number of hydrogen-bond acceptors (Lipinski definition) is 2. The molecule has 0 radical (unpaired) electrons. The van der Waals surface area contributed by atoms with E-state index in [9.17, 15) is 0 Å². The quantitative estimate of drug-likeness (QED) is 0.288. The van der Waals surface area contributed by atoms with E-state index in [0.717, 1.165) is 35.4 Å². The average molecular weight is 391 g/mol. The molecule has 0 N–H and O–H groups in total. The molecule has 3 nitrogen and oxygen atoms in total. The predicted octanol–water partition coefficient (Wildman–Crippen LogP) is 7.63. The van der Waals surface area contributed by atoms with E-state index in [1.807, 2.05) is 6.07 Å². The number of rotatable bonds is 1. The van der Waals surface area contributed by atoms with Gasteiger partial charge < -0.3 is 13.4 Å². The summed E-state index contributed by atoms with van der Waals surface area (Å²) in [5.74, 6) is 1.11. The Morgan fingerprint density at radius 2 is 1.43 bits per heavy atom. The zero-order valence-electron chi connectivity index (χ0n) is 17.0. The van der Waals surface area contributed by atoms with Crippen molar-refractivity contribution >= 4 is 43.8 Å². The van der Waals surface area contributed by atoms with Gasteiger partial charge in [0.25, 0.3) is 0 Å². The van der Waals surface area contributed by atoms with Crippen molar-refractivity contribution in [2.24, 2.45) is 0 Å². The van der Waals surface area contributed by atoms with Crippen molar-refractivity contribution in [2.45, 2.75) is 32.7 Å². The lowest BCUT2D eigenvalue weighted by atomic mass is 9.90. The van der Waals surface area contributed by atoms with Crippen molar-refractivity contribution in [2.75, 3.05) is 0 Å². The van der Waals surface area contributed by atoms with Gasteiger partial charge in [0.2, 0.25) is 0 Å². The fraction of sp³-hybridized carbons (Fsp3) is 0.185. The number of nitrogens with zero attached hydrogens (tertiary/aromatic N) is 1. The first-order chi connectivity index (χ1) is 14.7. The molecule has 7 rings (SSSR count). The van der Waals surface area contributed by atoms with Crippen LogP contribution in [0.4, 0.5) is 0 Å². The van der Waals surface area contributed by atoms with E-state index >= 15 is 0 Å². The van der Waals surface area contributed by atoms with Crippen molar-refractivity contribution in [3.05, 3.63) is 72.1 Å². The fourth-order valence-electron chi connectivity index (χ4n) is 5.55. The minimum Gasteiger partial charge on any atom is -0.460 e. The van der Waals surface area contributed by atoms with Gasteiger partial charge in [0, 0.05) is 50.8 Å². The predicted molar refractivity (Wildman–Crippen MR) is 122 cm³/mol. The minimum absolute atomic E-state index is 0.381. The first kappa shape index (κ1) is 16.3. The second kappa shape index (κ2) is 5.57. The number of para-hydroxylation sites is 2. The Hall–Kier alpha value is -3.46. The molecule has 0 atom stereocenters. The molecule has 3 aromatic heterocycles. The second-order valence-electron chi connectivity index (χ2n) is 8.61. The van der Waals surface area contributed by atoms with Gasteiger partial charge in [-0.25, -0.2) is 0 Å². The summed E-state index contributed by atoms with van der Waals surface area (Å²) in [7, 11) is 0. The number of fused-ring (bicyclic) bond motifs is 11.